The average molecular weight is 250 g/mol. The Morgan fingerprint density at radius 3 is 2.76 bits per heavy atom. The molecule has 0 spiro atoms. The van der Waals surface area contributed by atoms with E-state index in [2.05, 4.69) is 9.97 Å². The van der Waals surface area contributed by atoms with Gasteiger partial charge in [0.2, 0.25) is 0 Å². The Morgan fingerprint density at radius 2 is 2.12 bits per heavy atom. The molecule has 1 atom stereocenters. The Kier molecular flexibility index (Phi) is 3.56. The van der Waals surface area contributed by atoms with Gasteiger partial charge in [-0.1, -0.05) is 11.6 Å². The Hall–Kier alpha value is -1.65. The first-order valence-corrected chi connectivity index (χ1v) is 5.53. The summed E-state index contributed by atoms with van der Waals surface area (Å²) in [5.41, 5.74) is 7.07. The minimum absolute atomic E-state index is 0.443. The molecule has 0 aromatic carbocycles. The second kappa shape index (κ2) is 5.12. The Labute approximate surface area is 104 Å². The Balaban J connectivity index is 2.11. The number of anilines is 1. The van der Waals surface area contributed by atoms with Crippen molar-refractivity contribution < 1.29 is 5.11 Å². The van der Waals surface area contributed by atoms with Crippen LogP contribution >= 0.6 is 11.6 Å². The van der Waals surface area contributed by atoms with Gasteiger partial charge in [0.15, 0.2) is 0 Å². The van der Waals surface area contributed by atoms with Crippen LogP contribution in [0.2, 0.25) is 5.02 Å². The number of hydrogen-bond acceptors (Lipinski definition) is 4. The lowest BCUT2D eigenvalue weighted by Gasteiger charge is -2.10. The number of halogens is 1. The third-order valence-electron chi connectivity index (χ3n) is 2.37. The maximum absolute atomic E-state index is 9.99. The molecule has 3 N–H and O–H groups in total. The third kappa shape index (κ3) is 3.15. The number of pyridine rings is 2. The highest BCUT2D eigenvalue weighted by Crippen LogP contribution is 2.18. The van der Waals surface area contributed by atoms with E-state index < -0.39 is 6.10 Å². The fraction of sp³-hybridized carbons (Fsp3) is 0.167. The van der Waals surface area contributed by atoms with Crippen LogP contribution in [-0.2, 0) is 6.42 Å². The summed E-state index contributed by atoms with van der Waals surface area (Å²) in [4.78, 5) is 7.96. The molecule has 0 fully saturated rings. The summed E-state index contributed by atoms with van der Waals surface area (Å²) in [6, 6.07) is 6.96. The van der Waals surface area contributed by atoms with Crippen LogP contribution in [-0.4, -0.2) is 15.1 Å². The van der Waals surface area contributed by atoms with Gasteiger partial charge in [-0.3, -0.25) is 4.98 Å². The zero-order valence-electron chi connectivity index (χ0n) is 9.05. The van der Waals surface area contributed by atoms with Crippen molar-refractivity contribution in [1.82, 2.24) is 9.97 Å². The molecular weight excluding hydrogens is 238 g/mol. The first-order chi connectivity index (χ1) is 8.15. The largest absolute Gasteiger partial charge is 0.386 e. The molecule has 0 aliphatic heterocycles. The maximum atomic E-state index is 9.99. The first kappa shape index (κ1) is 11.8. The third-order valence-corrected chi connectivity index (χ3v) is 2.59. The summed E-state index contributed by atoms with van der Waals surface area (Å²) < 4.78 is 0. The first-order valence-electron chi connectivity index (χ1n) is 5.15. The minimum atomic E-state index is -0.672. The van der Waals surface area contributed by atoms with Crippen molar-refractivity contribution in [1.29, 1.82) is 0 Å². The Morgan fingerprint density at radius 1 is 1.29 bits per heavy atom. The van der Waals surface area contributed by atoms with E-state index in [0.717, 1.165) is 5.56 Å². The van der Waals surface area contributed by atoms with Crippen LogP contribution in [0.4, 0.5) is 5.82 Å². The van der Waals surface area contributed by atoms with Gasteiger partial charge in [-0.25, -0.2) is 4.98 Å². The van der Waals surface area contributed by atoms with E-state index >= 15 is 0 Å². The normalized spacial score (nSPS) is 12.4. The minimum Gasteiger partial charge on any atom is -0.386 e. The number of hydrogen-bond donors (Lipinski definition) is 2. The van der Waals surface area contributed by atoms with Crippen LogP contribution in [0.5, 0.6) is 0 Å². The van der Waals surface area contributed by atoms with E-state index in [1.54, 1.807) is 24.4 Å². The van der Waals surface area contributed by atoms with Crippen molar-refractivity contribution in [2.75, 3.05) is 5.73 Å². The zero-order valence-corrected chi connectivity index (χ0v) is 9.80. The highest BCUT2D eigenvalue weighted by molar-refractivity contribution is 6.30. The van der Waals surface area contributed by atoms with Crippen LogP contribution in [0.15, 0.2) is 36.7 Å². The Bertz CT molecular complexity index is 501. The molecule has 2 rings (SSSR count). The van der Waals surface area contributed by atoms with E-state index in [1.807, 2.05) is 6.07 Å². The summed E-state index contributed by atoms with van der Waals surface area (Å²) in [5.74, 6) is 0.443. The van der Waals surface area contributed by atoms with Crippen molar-refractivity contribution in [2.24, 2.45) is 0 Å². The molecule has 17 heavy (non-hydrogen) atoms. The second-order valence-corrected chi connectivity index (χ2v) is 4.15. The summed E-state index contributed by atoms with van der Waals surface area (Å²) in [6.45, 7) is 0. The molecule has 2 aromatic rings. The molecule has 0 amide bonds. The molecule has 5 heteroatoms. The summed E-state index contributed by atoms with van der Waals surface area (Å²) in [5, 5.41) is 10.5. The van der Waals surface area contributed by atoms with E-state index in [1.165, 1.54) is 6.20 Å². The molecular formula is C12H12ClN3O. The molecule has 0 aliphatic rings. The number of nitrogens with zero attached hydrogens (tertiary/aromatic N) is 2. The average Bonchev–Trinajstić information content (AvgIpc) is 2.29. The quantitative estimate of drug-likeness (QED) is 0.873. The molecule has 2 heterocycles. The van der Waals surface area contributed by atoms with Gasteiger partial charge in [-0.05, 0) is 29.8 Å². The fourth-order valence-corrected chi connectivity index (χ4v) is 1.65. The van der Waals surface area contributed by atoms with Gasteiger partial charge in [-0.2, -0.15) is 0 Å². The predicted molar refractivity (Wildman–Crippen MR) is 66.6 cm³/mol. The monoisotopic (exact) mass is 249 g/mol. The second-order valence-electron chi connectivity index (χ2n) is 3.71. The van der Waals surface area contributed by atoms with Crippen LogP contribution in [0, 0.1) is 0 Å². The van der Waals surface area contributed by atoms with Gasteiger partial charge in [0.05, 0.1) is 16.8 Å². The lowest BCUT2D eigenvalue weighted by Crippen LogP contribution is -2.04. The summed E-state index contributed by atoms with van der Waals surface area (Å²) in [7, 11) is 0. The van der Waals surface area contributed by atoms with Crippen LogP contribution in [0.1, 0.15) is 17.4 Å². The molecule has 88 valence electrons. The van der Waals surface area contributed by atoms with Gasteiger partial charge < -0.3 is 10.8 Å². The molecule has 0 saturated carbocycles. The number of aliphatic hydroxyl groups excluding tert-OH is 1. The maximum Gasteiger partial charge on any atom is 0.123 e. The van der Waals surface area contributed by atoms with Gasteiger partial charge in [-0.15, -0.1) is 0 Å². The number of aromatic nitrogens is 2. The van der Waals surface area contributed by atoms with Crippen LogP contribution in [0.3, 0.4) is 0 Å². The fourth-order valence-electron chi connectivity index (χ4n) is 1.53. The molecule has 1 unspecified atom stereocenters. The van der Waals surface area contributed by atoms with Crippen LogP contribution < -0.4 is 5.73 Å². The van der Waals surface area contributed by atoms with Crippen molar-refractivity contribution in [3.8, 4) is 0 Å². The lowest BCUT2D eigenvalue weighted by molar-refractivity contribution is 0.173. The summed E-state index contributed by atoms with van der Waals surface area (Å²) in [6.07, 6.45) is 2.91. The van der Waals surface area contributed by atoms with Gasteiger partial charge >= 0.3 is 0 Å². The van der Waals surface area contributed by atoms with Gasteiger partial charge in [0.25, 0.3) is 0 Å². The molecule has 0 bridgehead atoms. The predicted octanol–water partition coefficient (Wildman–Crippen LogP) is 1.99. The standard InChI is InChI=1S/C12H12ClN3O/c13-9-1-2-10(16-7-9)11(17)5-8-3-4-15-12(14)6-8/h1-4,6-7,11,17H,5H2,(H2,14,15). The topological polar surface area (TPSA) is 72.0 Å². The zero-order chi connectivity index (χ0) is 12.3. The summed E-state index contributed by atoms with van der Waals surface area (Å²) >= 11 is 5.73. The number of aliphatic hydroxyl groups is 1. The van der Waals surface area contributed by atoms with Crippen LogP contribution in [0.25, 0.3) is 0 Å². The van der Waals surface area contributed by atoms with Crippen molar-refractivity contribution in [2.45, 2.75) is 12.5 Å². The SMILES string of the molecule is Nc1cc(CC(O)c2ccc(Cl)cn2)ccn1. The highest BCUT2D eigenvalue weighted by Gasteiger charge is 2.10. The number of nitrogen functional groups attached to an aromatic ring is 1. The van der Waals surface area contributed by atoms with E-state index in [9.17, 15) is 5.11 Å². The van der Waals surface area contributed by atoms with Crippen molar-refractivity contribution >= 4 is 17.4 Å². The van der Waals surface area contributed by atoms with Gasteiger partial charge in [0, 0.05) is 18.8 Å². The molecule has 4 nitrogen and oxygen atoms in total. The van der Waals surface area contributed by atoms with E-state index in [-0.39, 0.29) is 0 Å². The molecule has 2 aromatic heterocycles. The van der Waals surface area contributed by atoms with E-state index in [4.69, 9.17) is 17.3 Å². The molecule has 0 saturated heterocycles. The lowest BCUT2D eigenvalue weighted by atomic mass is 10.1. The highest BCUT2D eigenvalue weighted by atomic mass is 35.5. The van der Waals surface area contributed by atoms with Gasteiger partial charge in [0.1, 0.15) is 5.82 Å². The number of nitrogens with two attached hydrogens (primary N) is 1. The molecule has 0 radical (unpaired) electrons. The van der Waals surface area contributed by atoms with Crippen molar-refractivity contribution in [3.63, 3.8) is 0 Å². The molecule has 0 aliphatic carbocycles. The number of rotatable bonds is 3. The smallest absolute Gasteiger partial charge is 0.123 e. The van der Waals surface area contributed by atoms with E-state index in [0.29, 0.717) is 23.0 Å². The van der Waals surface area contributed by atoms with Crippen molar-refractivity contribution in [3.05, 3.63) is 52.9 Å².